The number of aromatic nitrogens is 2. The van der Waals surface area contributed by atoms with Crippen molar-refractivity contribution >= 4 is 50.6 Å². The maximum atomic E-state index is 13.4. The summed E-state index contributed by atoms with van der Waals surface area (Å²) in [6.45, 7) is 5.66. The van der Waals surface area contributed by atoms with Gasteiger partial charge in [-0.1, -0.05) is 28.8 Å². The predicted octanol–water partition coefficient (Wildman–Crippen LogP) is 5.15. The lowest BCUT2D eigenvalue weighted by Crippen LogP contribution is -2.25. The van der Waals surface area contributed by atoms with Gasteiger partial charge in [0.25, 0.3) is 11.5 Å². The van der Waals surface area contributed by atoms with E-state index in [1.807, 2.05) is 19.9 Å². The standard InChI is InChI=1S/C24H20ClN3O4S/c1-4-32-24(31)20-18-12-33-22(26-21(29)15-10-13(2)9-14(3)11-15)19(18)23(30)28(27-20)17-7-5-16(25)6-8-17/h5-12H,4H2,1-3H3,(H,26,29). The Hall–Kier alpha value is -3.49. The van der Waals surface area contributed by atoms with E-state index in [2.05, 4.69) is 10.4 Å². The minimum atomic E-state index is -0.657. The van der Waals surface area contributed by atoms with E-state index < -0.39 is 11.5 Å². The van der Waals surface area contributed by atoms with Gasteiger partial charge in [-0.2, -0.15) is 9.78 Å². The highest BCUT2D eigenvalue weighted by molar-refractivity contribution is 7.16. The number of aryl methyl sites for hydroxylation is 2. The lowest BCUT2D eigenvalue weighted by atomic mass is 10.1. The lowest BCUT2D eigenvalue weighted by molar-refractivity contribution is 0.0520. The Kier molecular flexibility index (Phi) is 6.31. The van der Waals surface area contributed by atoms with Crippen LogP contribution >= 0.6 is 22.9 Å². The van der Waals surface area contributed by atoms with Gasteiger partial charge in [-0.05, 0) is 57.2 Å². The number of thiophene rings is 1. The van der Waals surface area contributed by atoms with Crippen molar-refractivity contribution in [3.05, 3.63) is 85.6 Å². The minimum absolute atomic E-state index is 0.00968. The molecule has 0 atom stereocenters. The first kappa shape index (κ1) is 22.7. The van der Waals surface area contributed by atoms with Crippen LogP contribution < -0.4 is 10.9 Å². The number of hydrogen-bond donors (Lipinski definition) is 1. The zero-order valence-electron chi connectivity index (χ0n) is 18.1. The molecule has 33 heavy (non-hydrogen) atoms. The maximum absolute atomic E-state index is 13.4. The fraction of sp³-hybridized carbons (Fsp3) is 0.167. The molecule has 0 aliphatic carbocycles. The fourth-order valence-electron chi connectivity index (χ4n) is 3.53. The molecule has 0 aliphatic rings. The van der Waals surface area contributed by atoms with Gasteiger partial charge in [-0.15, -0.1) is 11.3 Å². The first-order chi connectivity index (χ1) is 15.8. The van der Waals surface area contributed by atoms with Crippen molar-refractivity contribution in [2.75, 3.05) is 11.9 Å². The Labute approximate surface area is 198 Å². The number of carbonyl (C=O) groups is 2. The van der Waals surface area contributed by atoms with Crippen molar-refractivity contribution in [3.63, 3.8) is 0 Å². The van der Waals surface area contributed by atoms with Crippen molar-refractivity contribution < 1.29 is 14.3 Å². The van der Waals surface area contributed by atoms with Crippen LogP contribution in [0, 0.1) is 13.8 Å². The number of benzene rings is 2. The third kappa shape index (κ3) is 4.53. The molecule has 7 nitrogen and oxygen atoms in total. The van der Waals surface area contributed by atoms with Crippen LogP contribution in [0.15, 0.2) is 52.6 Å². The summed E-state index contributed by atoms with van der Waals surface area (Å²) in [6.07, 6.45) is 0. The topological polar surface area (TPSA) is 90.3 Å². The molecule has 0 bridgehead atoms. The highest BCUT2D eigenvalue weighted by Gasteiger charge is 2.23. The Morgan fingerprint density at radius 1 is 1.12 bits per heavy atom. The van der Waals surface area contributed by atoms with Crippen molar-refractivity contribution in [1.82, 2.24) is 9.78 Å². The summed E-state index contributed by atoms with van der Waals surface area (Å²) in [4.78, 5) is 39.0. The highest BCUT2D eigenvalue weighted by Crippen LogP contribution is 2.31. The number of nitrogens with one attached hydrogen (secondary N) is 1. The van der Waals surface area contributed by atoms with Crippen LogP contribution in [0.4, 0.5) is 5.00 Å². The molecule has 0 spiro atoms. The number of rotatable bonds is 5. The average molecular weight is 482 g/mol. The van der Waals surface area contributed by atoms with Crippen LogP contribution in [-0.2, 0) is 4.74 Å². The molecule has 168 valence electrons. The number of ether oxygens (including phenoxy) is 1. The van der Waals surface area contributed by atoms with Gasteiger partial charge >= 0.3 is 5.97 Å². The number of nitrogens with zero attached hydrogens (tertiary/aromatic N) is 2. The molecule has 0 saturated carbocycles. The van der Waals surface area contributed by atoms with E-state index in [4.69, 9.17) is 16.3 Å². The molecule has 0 aliphatic heterocycles. The number of fused-ring (bicyclic) bond motifs is 1. The summed E-state index contributed by atoms with van der Waals surface area (Å²) in [5.74, 6) is -1.01. The SMILES string of the molecule is CCOC(=O)c1nn(-c2ccc(Cl)cc2)c(=O)c2c(NC(=O)c3cc(C)cc(C)c3)scc12. The second kappa shape index (κ2) is 9.17. The summed E-state index contributed by atoms with van der Waals surface area (Å²) in [5.41, 5.74) is 2.33. The molecule has 0 saturated heterocycles. The molecule has 0 radical (unpaired) electrons. The van der Waals surface area contributed by atoms with Crippen LogP contribution in [0.25, 0.3) is 16.5 Å². The quantitative estimate of drug-likeness (QED) is 0.398. The zero-order chi connectivity index (χ0) is 23.7. The van der Waals surface area contributed by atoms with Gasteiger partial charge < -0.3 is 10.1 Å². The fourth-order valence-corrected chi connectivity index (χ4v) is 4.59. The molecule has 4 rings (SSSR count). The first-order valence-corrected chi connectivity index (χ1v) is 11.4. The Bertz CT molecular complexity index is 1420. The van der Waals surface area contributed by atoms with Gasteiger partial charge in [0.2, 0.25) is 0 Å². The van der Waals surface area contributed by atoms with Crippen LogP contribution in [0.3, 0.4) is 0 Å². The molecule has 2 aromatic carbocycles. The summed E-state index contributed by atoms with van der Waals surface area (Å²) in [5, 5.41) is 10.1. The largest absolute Gasteiger partial charge is 0.461 e. The number of esters is 1. The van der Waals surface area contributed by atoms with E-state index in [0.717, 1.165) is 27.1 Å². The first-order valence-electron chi connectivity index (χ1n) is 10.2. The highest BCUT2D eigenvalue weighted by atomic mass is 35.5. The van der Waals surface area contributed by atoms with Crippen molar-refractivity contribution in [2.45, 2.75) is 20.8 Å². The zero-order valence-corrected chi connectivity index (χ0v) is 19.7. The van der Waals surface area contributed by atoms with E-state index in [-0.39, 0.29) is 23.6 Å². The van der Waals surface area contributed by atoms with Gasteiger partial charge in [-0.25, -0.2) is 4.79 Å². The Morgan fingerprint density at radius 3 is 2.42 bits per heavy atom. The molecule has 2 heterocycles. The van der Waals surface area contributed by atoms with Crippen molar-refractivity contribution in [2.24, 2.45) is 0 Å². The molecular weight excluding hydrogens is 462 g/mol. The number of hydrogen-bond acceptors (Lipinski definition) is 6. The normalized spacial score (nSPS) is 10.9. The van der Waals surface area contributed by atoms with Crippen LogP contribution in [-0.4, -0.2) is 28.3 Å². The van der Waals surface area contributed by atoms with Crippen LogP contribution in [0.2, 0.25) is 5.02 Å². The molecule has 1 N–H and O–H groups in total. The second-order valence-corrected chi connectivity index (χ2v) is 8.76. The summed E-state index contributed by atoms with van der Waals surface area (Å²) in [7, 11) is 0. The number of carbonyl (C=O) groups excluding carboxylic acids is 2. The molecule has 0 unspecified atom stereocenters. The number of anilines is 1. The lowest BCUT2D eigenvalue weighted by Gasteiger charge is -2.10. The monoisotopic (exact) mass is 481 g/mol. The maximum Gasteiger partial charge on any atom is 0.359 e. The third-order valence-electron chi connectivity index (χ3n) is 4.90. The molecule has 2 aromatic heterocycles. The molecule has 1 amide bonds. The smallest absolute Gasteiger partial charge is 0.359 e. The van der Waals surface area contributed by atoms with Gasteiger partial charge in [0.05, 0.1) is 17.7 Å². The van der Waals surface area contributed by atoms with Crippen LogP contribution in [0.1, 0.15) is 38.9 Å². The van der Waals surface area contributed by atoms with Gasteiger partial charge in [0, 0.05) is 21.4 Å². The van der Waals surface area contributed by atoms with Gasteiger partial charge in [0.1, 0.15) is 5.00 Å². The summed E-state index contributed by atoms with van der Waals surface area (Å²) < 4.78 is 6.27. The van der Waals surface area contributed by atoms with Crippen molar-refractivity contribution in [3.8, 4) is 5.69 Å². The van der Waals surface area contributed by atoms with Crippen molar-refractivity contribution in [1.29, 1.82) is 0 Å². The molecule has 0 fully saturated rings. The third-order valence-corrected chi connectivity index (χ3v) is 6.05. The number of amides is 1. The molecular formula is C24H20ClN3O4S. The second-order valence-electron chi connectivity index (χ2n) is 7.45. The molecule has 4 aromatic rings. The van der Waals surface area contributed by atoms with E-state index in [0.29, 0.717) is 26.7 Å². The molecule has 9 heteroatoms. The van der Waals surface area contributed by atoms with E-state index in [1.165, 1.54) is 0 Å². The predicted molar refractivity (Wildman–Crippen MR) is 130 cm³/mol. The Balaban J connectivity index is 1.88. The minimum Gasteiger partial charge on any atom is -0.461 e. The van der Waals surface area contributed by atoms with E-state index in [1.54, 1.807) is 48.7 Å². The van der Waals surface area contributed by atoms with E-state index >= 15 is 0 Å². The Morgan fingerprint density at radius 2 is 1.79 bits per heavy atom. The number of halogens is 1. The average Bonchev–Trinajstić information content (AvgIpc) is 3.18. The van der Waals surface area contributed by atoms with Gasteiger partial charge in [-0.3, -0.25) is 9.59 Å². The van der Waals surface area contributed by atoms with E-state index in [9.17, 15) is 14.4 Å². The summed E-state index contributed by atoms with van der Waals surface area (Å²) >= 11 is 7.12. The van der Waals surface area contributed by atoms with Gasteiger partial charge in [0.15, 0.2) is 5.69 Å². The van der Waals surface area contributed by atoms with Crippen LogP contribution in [0.5, 0.6) is 0 Å². The summed E-state index contributed by atoms with van der Waals surface area (Å²) in [6, 6.07) is 12.0.